The molecule has 2 N–H and O–H groups in total. The molecule has 0 aliphatic carbocycles. The third kappa shape index (κ3) is 7.02. The lowest BCUT2D eigenvalue weighted by Gasteiger charge is -2.19. The molecule has 5 nitrogen and oxygen atoms in total. The fraction of sp³-hybridized carbons (Fsp3) is 0.348. The maximum absolute atomic E-state index is 12.3. The zero-order valence-corrected chi connectivity index (χ0v) is 17.6. The highest BCUT2D eigenvalue weighted by atomic mass is 35.5. The molecule has 0 aromatic heterocycles. The number of aliphatic carboxylic acids is 1. The Morgan fingerprint density at radius 3 is 1.97 bits per heavy atom. The molecule has 2 rings (SSSR count). The van der Waals surface area contributed by atoms with E-state index in [0.717, 1.165) is 16.7 Å². The number of benzene rings is 2. The van der Waals surface area contributed by atoms with E-state index in [1.54, 1.807) is 20.8 Å². The molecule has 0 radical (unpaired) electrons. The fourth-order valence-corrected chi connectivity index (χ4v) is 2.92. The Balaban J connectivity index is 1.94. The SMILES string of the molecule is CC(C)(C)C(=O)CC[C@H](NC(=O)Cc1ccc(-c2ccc(Cl)cc2)cc1)C(=O)O. The van der Waals surface area contributed by atoms with Crippen LogP contribution < -0.4 is 5.32 Å². The molecule has 0 fully saturated rings. The van der Waals surface area contributed by atoms with Gasteiger partial charge >= 0.3 is 5.97 Å². The summed E-state index contributed by atoms with van der Waals surface area (Å²) in [6.45, 7) is 5.37. The van der Waals surface area contributed by atoms with Crippen molar-refractivity contribution in [2.45, 2.75) is 46.1 Å². The highest BCUT2D eigenvalue weighted by molar-refractivity contribution is 6.30. The molecule has 0 saturated carbocycles. The molecule has 2 aromatic carbocycles. The summed E-state index contributed by atoms with van der Waals surface area (Å²) in [5.74, 6) is -1.56. The molecule has 0 unspecified atom stereocenters. The zero-order valence-electron chi connectivity index (χ0n) is 16.9. The van der Waals surface area contributed by atoms with E-state index < -0.39 is 17.4 Å². The molecule has 29 heavy (non-hydrogen) atoms. The third-order valence-electron chi connectivity index (χ3n) is 4.63. The zero-order chi connectivity index (χ0) is 21.6. The number of amides is 1. The van der Waals surface area contributed by atoms with Crippen molar-refractivity contribution >= 4 is 29.3 Å². The first-order valence-electron chi connectivity index (χ1n) is 9.46. The molecule has 0 heterocycles. The van der Waals surface area contributed by atoms with Gasteiger partial charge in [-0.3, -0.25) is 9.59 Å². The predicted octanol–water partition coefficient (Wildman–Crippen LogP) is 4.51. The van der Waals surface area contributed by atoms with Crippen LogP contribution in [0.3, 0.4) is 0 Å². The molecule has 0 aliphatic rings. The van der Waals surface area contributed by atoms with Gasteiger partial charge in [0.2, 0.25) is 5.91 Å². The highest BCUT2D eigenvalue weighted by Gasteiger charge is 2.25. The van der Waals surface area contributed by atoms with Gasteiger partial charge in [-0.1, -0.05) is 68.8 Å². The topological polar surface area (TPSA) is 83.5 Å². The Bertz CT molecular complexity index is 867. The van der Waals surface area contributed by atoms with Gasteiger partial charge < -0.3 is 10.4 Å². The summed E-state index contributed by atoms with van der Waals surface area (Å²) in [6, 6.07) is 13.9. The summed E-state index contributed by atoms with van der Waals surface area (Å²) in [6.07, 6.45) is 0.251. The van der Waals surface area contributed by atoms with Crippen molar-refractivity contribution in [2.24, 2.45) is 5.41 Å². The minimum absolute atomic E-state index is 0.0317. The van der Waals surface area contributed by atoms with Gasteiger partial charge in [0.05, 0.1) is 6.42 Å². The summed E-state index contributed by atoms with van der Waals surface area (Å²) in [5.41, 5.74) is 2.25. The van der Waals surface area contributed by atoms with Crippen molar-refractivity contribution < 1.29 is 19.5 Å². The van der Waals surface area contributed by atoms with Crippen LogP contribution in [-0.2, 0) is 20.8 Å². The lowest BCUT2D eigenvalue weighted by Crippen LogP contribution is -2.42. The molecule has 1 atom stereocenters. The average Bonchev–Trinajstić information content (AvgIpc) is 2.65. The summed E-state index contributed by atoms with van der Waals surface area (Å²) < 4.78 is 0. The maximum Gasteiger partial charge on any atom is 0.326 e. The molecular formula is C23H26ClNO4. The van der Waals surface area contributed by atoms with Gasteiger partial charge in [-0.15, -0.1) is 0 Å². The summed E-state index contributed by atoms with van der Waals surface area (Å²) in [4.78, 5) is 35.7. The van der Waals surface area contributed by atoms with E-state index >= 15 is 0 Å². The van der Waals surface area contributed by atoms with Gasteiger partial charge in [-0.25, -0.2) is 4.79 Å². The predicted molar refractivity (Wildman–Crippen MR) is 114 cm³/mol. The van der Waals surface area contributed by atoms with E-state index in [4.69, 9.17) is 11.6 Å². The van der Waals surface area contributed by atoms with E-state index in [1.807, 2.05) is 48.5 Å². The van der Waals surface area contributed by atoms with Gasteiger partial charge in [0.25, 0.3) is 0 Å². The van der Waals surface area contributed by atoms with E-state index in [1.165, 1.54) is 0 Å². The lowest BCUT2D eigenvalue weighted by molar-refractivity contribution is -0.142. The molecule has 0 saturated heterocycles. The monoisotopic (exact) mass is 415 g/mol. The second-order valence-electron chi connectivity index (χ2n) is 8.05. The van der Waals surface area contributed by atoms with Crippen LogP contribution in [0.5, 0.6) is 0 Å². The number of carboxylic acid groups (broad SMARTS) is 1. The van der Waals surface area contributed by atoms with Crippen molar-refractivity contribution in [3.8, 4) is 11.1 Å². The number of rotatable bonds is 8. The average molecular weight is 416 g/mol. The number of hydrogen-bond donors (Lipinski definition) is 2. The quantitative estimate of drug-likeness (QED) is 0.664. The van der Waals surface area contributed by atoms with Crippen molar-refractivity contribution in [1.29, 1.82) is 0 Å². The van der Waals surface area contributed by atoms with Gasteiger partial charge in [-0.2, -0.15) is 0 Å². The molecule has 0 aliphatic heterocycles. The van der Waals surface area contributed by atoms with Crippen LogP contribution in [-0.4, -0.2) is 28.8 Å². The largest absolute Gasteiger partial charge is 0.480 e. The number of nitrogens with one attached hydrogen (secondary N) is 1. The van der Waals surface area contributed by atoms with Crippen LogP contribution in [0.25, 0.3) is 11.1 Å². The Labute approximate surface area is 176 Å². The number of Topliss-reactive ketones (excluding diaryl/α,β-unsaturated/α-hetero) is 1. The minimum Gasteiger partial charge on any atom is -0.480 e. The summed E-state index contributed by atoms with van der Waals surface area (Å²) >= 11 is 5.90. The van der Waals surface area contributed by atoms with Crippen LogP contribution in [0.15, 0.2) is 48.5 Å². The number of hydrogen-bond acceptors (Lipinski definition) is 3. The van der Waals surface area contributed by atoms with Crippen LogP contribution in [0.1, 0.15) is 39.2 Å². The van der Waals surface area contributed by atoms with E-state index in [0.29, 0.717) is 5.02 Å². The van der Waals surface area contributed by atoms with E-state index in [2.05, 4.69) is 5.32 Å². The van der Waals surface area contributed by atoms with Gasteiger partial charge in [-0.05, 0) is 35.2 Å². The Morgan fingerprint density at radius 1 is 0.966 bits per heavy atom. The van der Waals surface area contributed by atoms with Crippen molar-refractivity contribution in [1.82, 2.24) is 5.32 Å². The molecular weight excluding hydrogens is 390 g/mol. The Kier molecular flexibility index (Phi) is 7.57. The molecule has 2 aromatic rings. The van der Waals surface area contributed by atoms with Crippen molar-refractivity contribution in [3.05, 3.63) is 59.1 Å². The Hall–Kier alpha value is -2.66. The molecule has 154 valence electrons. The van der Waals surface area contributed by atoms with Crippen LogP contribution in [0, 0.1) is 5.41 Å². The summed E-state index contributed by atoms with van der Waals surface area (Å²) in [5, 5.41) is 12.5. The number of carbonyl (C=O) groups is 3. The van der Waals surface area contributed by atoms with E-state index in [9.17, 15) is 19.5 Å². The van der Waals surface area contributed by atoms with E-state index in [-0.39, 0.29) is 31.0 Å². The normalized spacial score (nSPS) is 12.3. The smallest absolute Gasteiger partial charge is 0.326 e. The first-order valence-corrected chi connectivity index (χ1v) is 9.84. The first kappa shape index (κ1) is 22.6. The standard InChI is InChI=1S/C23H26ClNO4/c1-23(2,3)20(26)13-12-19(22(28)29)25-21(27)14-15-4-6-16(7-5-15)17-8-10-18(24)11-9-17/h4-11,19H,12-14H2,1-3H3,(H,25,27)(H,28,29)/t19-/m0/s1. The highest BCUT2D eigenvalue weighted by Crippen LogP contribution is 2.22. The Morgan fingerprint density at radius 2 is 1.48 bits per heavy atom. The van der Waals surface area contributed by atoms with Crippen LogP contribution >= 0.6 is 11.6 Å². The fourth-order valence-electron chi connectivity index (χ4n) is 2.80. The molecule has 0 spiro atoms. The summed E-state index contributed by atoms with van der Waals surface area (Å²) in [7, 11) is 0. The number of carboxylic acids is 1. The number of carbonyl (C=O) groups excluding carboxylic acids is 2. The molecule has 0 bridgehead atoms. The maximum atomic E-state index is 12.3. The van der Waals surface area contributed by atoms with Gasteiger partial charge in [0.1, 0.15) is 11.8 Å². The van der Waals surface area contributed by atoms with Crippen LogP contribution in [0.2, 0.25) is 5.02 Å². The lowest BCUT2D eigenvalue weighted by atomic mass is 9.87. The second kappa shape index (κ2) is 9.70. The molecule has 6 heteroatoms. The van der Waals surface area contributed by atoms with Gasteiger partial charge in [0, 0.05) is 16.9 Å². The second-order valence-corrected chi connectivity index (χ2v) is 8.49. The number of ketones is 1. The van der Waals surface area contributed by atoms with Crippen molar-refractivity contribution in [3.63, 3.8) is 0 Å². The third-order valence-corrected chi connectivity index (χ3v) is 4.88. The minimum atomic E-state index is -1.14. The number of halogens is 1. The van der Waals surface area contributed by atoms with Crippen molar-refractivity contribution in [2.75, 3.05) is 0 Å². The first-order chi connectivity index (χ1) is 13.6. The van der Waals surface area contributed by atoms with Crippen LogP contribution in [0.4, 0.5) is 0 Å². The molecule has 1 amide bonds. The van der Waals surface area contributed by atoms with Gasteiger partial charge in [0.15, 0.2) is 0 Å².